The highest BCUT2D eigenvalue weighted by Gasteiger charge is 2.27. The second kappa shape index (κ2) is 10.9. The summed E-state index contributed by atoms with van der Waals surface area (Å²) in [7, 11) is 0. The molecule has 2 heterocycles. The van der Waals surface area contributed by atoms with Gasteiger partial charge in [0.25, 0.3) is 0 Å². The van der Waals surface area contributed by atoms with Crippen molar-refractivity contribution in [1.82, 2.24) is 14.6 Å². The largest absolute Gasteiger partial charge is 0.478 e. The summed E-state index contributed by atoms with van der Waals surface area (Å²) in [6.07, 6.45) is 1.27. The predicted molar refractivity (Wildman–Crippen MR) is 147 cm³/mol. The average Bonchev–Trinajstić information content (AvgIpc) is 3.30. The van der Waals surface area contributed by atoms with E-state index in [0.29, 0.717) is 23.8 Å². The van der Waals surface area contributed by atoms with Gasteiger partial charge >= 0.3 is 12.1 Å². The smallest absolute Gasteiger partial charge is 0.416 e. The number of ether oxygens (including phenoxy) is 1. The summed E-state index contributed by atoms with van der Waals surface area (Å²) in [6.45, 7) is 10.2. The highest BCUT2D eigenvalue weighted by atomic mass is 16.6. The van der Waals surface area contributed by atoms with Crippen molar-refractivity contribution < 1.29 is 19.4 Å². The minimum atomic E-state index is -0.983. The molecule has 198 valence electrons. The Kier molecular flexibility index (Phi) is 7.66. The van der Waals surface area contributed by atoms with Crippen molar-refractivity contribution >= 4 is 29.3 Å². The van der Waals surface area contributed by atoms with Gasteiger partial charge in [-0.1, -0.05) is 56.3 Å². The number of hydrogen-bond acceptors (Lipinski definition) is 6. The molecule has 4 rings (SSSR count). The van der Waals surface area contributed by atoms with E-state index in [2.05, 4.69) is 24.3 Å². The molecule has 0 spiro atoms. The summed E-state index contributed by atoms with van der Waals surface area (Å²) < 4.78 is 7.45. The van der Waals surface area contributed by atoms with Crippen LogP contribution in [-0.2, 0) is 17.8 Å². The molecule has 0 atom stereocenters. The Morgan fingerprint density at radius 3 is 2.42 bits per heavy atom. The number of anilines is 2. The Labute approximate surface area is 222 Å². The van der Waals surface area contributed by atoms with Crippen LogP contribution >= 0.6 is 0 Å². The minimum Gasteiger partial charge on any atom is -0.478 e. The number of fused-ring (bicyclic) bond motifs is 1. The normalized spacial score (nSPS) is 11.5. The molecule has 2 N–H and O–H groups in total. The summed E-state index contributed by atoms with van der Waals surface area (Å²) in [4.78, 5) is 31.3. The number of amides is 1. The Balaban J connectivity index is 1.78. The van der Waals surface area contributed by atoms with Crippen LogP contribution in [0, 0.1) is 0 Å². The quantitative estimate of drug-likeness (QED) is 0.292. The lowest BCUT2D eigenvalue weighted by Gasteiger charge is -2.28. The molecule has 0 fully saturated rings. The first kappa shape index (κ1) is 26.7. The number of carbonyl (C=O) groups is 2. The molecule has 4 aromatic rings. The van der Waals surface area contributed by atoms with E-state index in [9.17, 15) is 14.7 Å². The third-order valence-electron chi connectivity index (χ3n) is 5.82. The minimum absolute atomic E-state index is 0.152. The van der Waals surface area contributed by atoms with E-state index in [1.165, 1.54) is 0 Å². The molecule has 2 aromatic carbocycles. The molecule has 2 aromatic heterocycles. The highest BCUT2D eigenvalue weighted by Crippen LogP contribution is 2.28. The molecule has 0 aliphatic carbocycles. The number of aromatic carboxylic acids is 1. The monoisotopic (exact) mass is 515 g/mol. The first-order valence-electron chi connectivity index (χ1n) is 12.5. The van der Waals surface area contributed by atoms with Gasteiger partial charge in [0.05, 0.1) is 18.3 Å². The second-order valence-electron chi connectivity index (χ2n) is 10.4. The van der Waals surface area contributed by atoms with Gasteiger partial charge < -0.3 is 15.2 Å². The zero-order valence-electron chi connectivity index (χ0n) is 22.3. The van der Waals surface area contributed by atoms with E-state index < -0.39 is 17.7 Å². The molecule has 0 aliphatic heterocycles. The van der Waals surface area contributed by atoms with Gasteiger partial charge in [0.1, 0.15) is 17.2 Å². The van der Waals surface area contributed by atoms with Crippen molar-refractivity contribution in [2.45, 2.75) is 59.2 Å². The van der Waals surface area contributed by atoms with Crippen molar-refractivity contribution in [3.8, 4) is 0 Å². The molecule has 0 aliphatic rings. The molecular formula is C29H33N5O4. The van der Waals surface area contributed by atoms with Gasteiger partial charge in [-0.2, -0.15) is 9.61 Å². The molecule has 9 nitrogen and oxygen atoms in total. The van der Waals surface area contributed by atoms with Crippen molar-refractivity contribution in [2.75, 3.05) is 10.2 Å². The number of hydrogen-bond donors (Lipinski definition) is 2. The maximum atomic E-state index is 13.5. The van der Waals surface area contributed by atoms with E-state index in [4.69, 9.17) is 9.72 Å². The molecule has 9 heteroatoms. The fourth-order valence-corrected chi connectivity index (χ4v) is 3.98. The van der Waals surface area contributed by atoms with Gasteiger partial charge in [0, 0.05) is 18.2 Å². The lowest BCUT2D eigenvalue weighted by Crippen LogP contribution is -2.37. The van der Waals surface area contributed by atoms with Crippen LogP contribution in [0.15, 0.2) is 66.9 Å². The molecule has 0 radical (unpaired) electrons. The zero-order chi connectivity index (χ0) is 27.4. The number of benzene rings is 2. The summed E-state index contributed by atoms with van der Waals surface area (Å²) in [5.74, 6) is 0.196. The van der Waals surface area contributed by atoms with Crippen LogP contribution < -0.4 is 10.2 Å². The van der Waals surface area contributed by atoms with E-state index in [-0.39, 0.29) is 18.0 Å². The molecule has 1 amide bonds. The van der Waals surface area contributed by atoms with E-state index in [1.54, 1.807) is 39.9 Å². The number of nitrogens with one attached hydrogen (secondary N) is 1. The summed E-state index contributed by atoms with van der Waals surface area (Å²) >= 11 is 0. The van der Waals surface area contributed by atoms with Gasteiger partial charge in [0.2, 0.25) is 0 Å². The van der Waals surface area contributed by atoms with Crippen LogP contribution in [0.25, 0.3) is 5.65 Å². The fourth-order valence-electron chi connectivity index (χ4n) is 3.98. The third-order valence-corrected chi connectivity index (χ3v) is 5.82. The number of aromatic nitrogens is 3. The van der Waals surface area contributed by atoms with Gasteiger partial charge in [-0.15, -0.1) is 0 Å². The molecule has 0 saturated carbocycles. The Morgan fingerprint density at radius 1 is 1.05 bits per heavy atom. The fraction of sp³-hybridized carbons (Fsp3) is 0.310. The SMILES string of the molecule is CC(C)c1cnn2c(N(Cc3ccccc3)C(=O)OC(C)(C)C)cc(NCc3cccc(C(=O)O)c3)nc12. The van der Waals surface area contributed by atoms with Gasteiger partial charge in [0.15, 0.2) is 5.65 Å². The lowest BCUT2D eigenvalue weighted by molar-refractivity contribution is 0.0574. The average molecular weight is 516 g/mol. The van der Waals surface area contributed by atoms with E-state index in [0.717, 1.165) is 16.7 Å². The molecular weight excluding hydrogens is 482 g/mol. The van der Waals surface area contributed by atoms with Gasteiger partial charge in [-0.3, -0.25) is 4.90 Å². The first-order chi connectivity index (χ1) is 18.0. The van der Waals surface area contributed by atoms with Crippen molar-refractivity contribution in [1.29, 1.82) is 0 Å². The van der Waals surface area contributed by atoms with Crippen LogP contribution in [0.5, 0.6) is 0 Å². The summed E-state index contributed by atoms with van der Waals surface area (Å²) in [5.41, 5.74) is 2.80. The van der Waals surface area contributed by atoms with Crippen molar-refractivity contribution in [3.63, 3.8) is 0 Å². The van der Waals surface area contributed by atoms with Crippen LogP contribution in [0.3, 0.4) is 0 Å². The molecule has 0 saturated heterocycles. The van der Waals surface area contributed by atoms with Gasteiger partial charge in [-0.05, 0) is 49.9 Å². The number of rotatable bonds is 8. The van der Waals surface area contributed by atoms with Crippen LogP contribution in [0.2, 0.25) is 0 Å². The van der Waals surface area contributed by atoms with Crippen molar-refractivity contribution in [2.24, 2.45) is 0 Å². The first-order valence-corrected chi connectivity index (χ1v) is 12.5. The zero-order valence-corrected chi connectivity index (χ0v) is 22.3. The Bertz CT molecular complexity index is 1440. The maximum absolute atomic E-state index is 13.5. The second-order valence-corrected chi connectivity index (χ2v) is 10.4. The van der Waals surface area contributed by atoms with Crippen molar-refractivity contribution in [3.05, 3.63) is 89.1 Å². The maximum Gasteiger partial charge on any atom is 0.416 e. The lowest BCUT2D eigenvalue weighted by atomic mass is 10.1. The highest BCUT2D eigenvalue weighted by molar-refractivity contribution is 5.88. The summed E-state index contributed by atoms with van der Waals surface area (Å²) in [6, 6.07) is 18.2. The Hall–Kier alpha value is -4.40. The van der Waals surface area contributed by atoms with E-state index >= 15 is 0 Å². The number of nitrogens with zero attached hydrogens (tertiary/aromatic N) is 4. The molecule has 0 unspecified atom stereocenters. The molecule has 38 heavy (non-hydrogen) atoms. The number of carboxylic acids is 1. The Morgan fingerprint density at radius 2 is 1.76 bits per heavy atom. The topological polar surface area (TPSA) is 109 Å². The third kappa shape index (κ3) is 6.29. The van der Waals surface area contributed by atoms with Crippen LogP contribution in [-0.4, -0.2) is 37.4 Å². The van der Waals surface area contributed by atoms with Crippen LogP contribution in [0.4, 0.5) is 16.4 Å². The predicted octanol–water partition coefficient (Wildman–Crippen LogP) is 6.10. The van der Waals surface area contributed by atoms with Gasteiger partial charge in [-0.25, -0.2) is 14.6 Å². The number of carboxylic acid groups (broad SMARTS) is 1. The number of carbonyl (C=O) groups excluding carboxylic acids is 1. The standard InChI is InChI=1S/C29H33N5O4/c1-19(2)23-17-31-34-25(33(28(37)38-29(3,4)5)18-20-10-7-6-8-11-20)15-24(32-26(23)34)30-16-21-12-9-13-22(14-21)27(35)36/h6-15,17,19H,16,18H2,1-5H3,(H,30,32)(H,35,36). The summed E-state index contributed by atoms with van der Waals surface area (Å²) in [5, 5.41) is 17.2. The van der Waals surface area contributed by atoms with Crippen LogP contribution in [0.1, 0.15) is 67.6 Å². The van der Waals surface area contributed by atoms with E-state index in [1.807, 2.05) is 57.2 Å². The molecule has 0 bridgehead atoms.